The minimum absolute atomic E-state index is 0.0611. The molecule has 1 aromatic carbocycles. The fourth-order valence-corrected chi connectivity index (χ4v) is 3.61. The molecule has 1 heterocycles. The summed E-state index contributed by atoms with van der Waals surface area (Å²) >= 11 is 6.13. The molecule has 0 spiro atoms. The van der Waals surface area contributed by atoms with Crippen molar-refractivity contribution in [3.05, 3.63) is 40.9 Å². The molecule has 0 aliphatic rings. The number of carbonyl (C=O) groups is 1. The van der Waals surface area contributed by atoms with E-state index in [1.807, 2.05) is 0 Å². The number of sulfone groups is 1. The predicted molar refractivity (Wildman–Crippen MR) is 117 cm³/mol. The number of pyridine rings is 1. The summed E-state index contributed by atoms with van der Waals surface area (Å²) < 4.78 is 50.1. The Hall–Kier alpha value is -2.39. The van der Waals surface area contributed by atoms with Gasteiger partial charge in [0.25, 0.3) is 0 Å². The third kappa shape index (κ3) is 6.30. The zero-order valence-electron chi connectivity index (χ0n) is 18.2. The number of nitrogens with one attached hydrogen (secondary N) is 1. The van der Waals surface area contributed by atoms with Crippen LogP contribution in [0, 0.1) is 5.82 Å². The van der Waals surface area contributed by atoms with E-state index in [-0.39, 0.29) is 33.4 Å². The molecule has 1 atom stereocenters. The zero-order valence-corrected chi connectivity index (χ0v) is 19.8. The second kappa shape index (κ2) is 9.40. The Morgan fingerprint density at radius 1 is 1.29 bits per heavy atom. The van der Waals surface area contributed by atoms with Crippen molar-refractivity contribution in [1.82, 2.24) is 10.3 Å². The standard InChI is InChI=1S/C21H26ClFN2O5S/c1-7-29-19-15(12(2)30-20(26)25-21(3,4)5)9-16(22)18(23)17(19)13-8-14(11-24-10-13)31(6,27)28/h8-12H,7H2,1-6H3,(H,25,26). The van der Waals surface area contributed by atoms with Crippen molar-refractivity contribution in [1.29, 1.82) is 0 Å². The van der Waals surface area contributed by atoms with Crippen molar-refractivity contribution in [2.24, 2.45) is 0 Å². The van der Waals surface area contributed by atoms with Gasteiger partial charge >= 0.3 is 6.09 Å². The van der Waals surface area contributed by atoms with E-state index in [9.17, 15) is 13.2 Å². The summed E-state index contributed by atoms with van der Waals surface area (Å²) in [5, 5.41) is 2.45. The first-order chi connectivity index (χ1) is 14.2. The Morgan fingerprint density at radius 3 is 2.48 bits per heavy atom. The molecule has 1 unspecified atom stereocenters. The van der Waals surface area contributed by atoms with E-state index >= 15 is 4.39 Å². The van der Waals surface area contributed by atoms with Crippen LogP contribution in [0.15, 0.2) is 29.4 Å². The molecule has 0 radical (unpaired) electrons. The van der Waals surface area contributed by atoms with Crippen LogP contribution in [-0.4, -0.2) is 37.9 Å². The van der Waals surface area contributed by atoms with Crippen molar-refractivity contribution in [2.45, 2.75) is 51.2 Å². The van der Waals surface area contributed by atoms with Gasteiger partial charge in [-0.15, -0.1) is 0 Å². The predicted octanol–water partition coefficient (Wildman–Crippen LogP) is 4.93. The first-order valence-corrected chi connectivity index (χ1v) is 11.8. The number of hydrogen-bond donors (Lipinski definition) is 1. The highest BCUT2D eigenvalue weighted by Gasteiger charge is 2.27. The van der Waals surface area contributed by atoms with Crippen molar-refractivity contribution in [3.63, 3.8) is 0 Å². The molecule has 1 aromatic heterocycles. The van der Waals surface area contributed by atoms with E-state index in [2.05, 4.69) is 10.3 Å². The fraction of sp³-hybridized carbons (Fsp3) is 0.429. The van der Waals surface area contributed by atoms with Crippen LogP contribution in [0.2, 0.25) is 5.02 Å². The lowest BCUT2D eigenvalue weighted by atomic mass is 9.99. The van der Waals surface area contributed by atoms with Crippen molar-refractivity contribution >= 4 is 27.5 Å². The van der Waals surface area contributed by atoms with E-state index in [1.54, 1.807) is 34.6 Å². The summed E-state index contributed by atoms with van der Waals surface area (Å²) in [4.78, 5) is 16.1. The molecule has 170 valence electrons. The van der Waals surface area contributed by atoms with Gasteiger partial charge in [0.2, 0.25) is 0 Å². The maximum atomic E-state index is 15.1. The number of carbonyl (C=O) groups excluding carboxylic acids is 1. The summed E-state index contributed by atoms with van der Waals surface area (Å²) in [7, 11) is -3.58. The number of amides is 1. The van der Waals surface area contributed by atoms with Gasteiger partial charge < -0.3 is 14.8 Å². The van der Waals surface area contributed by atoms with Crippen LogP contribution in [0.25, 0.3) is 11.1 Å². The normalized spacial score (nSPS) is 12.9. The van der Waals surface area contributed by atoms with Crippen molar-refractivity contribution in [2.75, 3.05) is 12.9 Å². The lowest BCUT2D eigenvalue weighted by Crippen LogP contribution is -2.41. The molecule has 2 rings (SSSR count). The minimum Gasteiger partial charge on any atom is -0.493 e. The number of hydrogen-bond acceptors (Lipinski definition) is 6. The van der Waals surface area contributed by atoms with Crippen LogP contribution < -0.4 is 10.1 Å². The largest absolute Gasteiger partial charge is 0.493 e. The number of rotatable bonds is 6. The Morgan fingerprint density at radius 2 is 1.94 bits per heavy atom. The number of alkyl carbamates (subject to hydrolysis) is 1. The van der Waals surface area contributed by atoms with Gasteiger partial charge in [-0.3, -0.25) is 4.98 Å². The van der Waals surface area contributed by atoms with Crippen LogP contribution in [0.5, 0.6) is 5.75 Å². The Labute approximate surface area is 186 Å². The van der Waals surface area contributed by atoms with E-state index in [4.69, 9.17) is 21.1 Å². The summed E-state index contributed by atoms with van der Waals surface area (Å²) in [6.45, 7) is 8.91. The van der Waals surface area contributed by atoms with Gasteiger partial charge in [-0.25, -0.2) is 17.6 Å². The van der Waals surface area contributed by atoms with Crippen LogP contribution in [0.3, 0.4) is 0 Å². The van der Waals surface area contributed by atoms with Crippen LogP contribution in [-0.2, 0) is 14.6 Å². The third-order valence-corrected chi connectivity index (χ3v) is 5.47. The smallest absolute Gasteiger partial charge is 0.408 e. The number of nitrogens with zero attached hydrogens (tertiary/aromatic N) is 1. The lowest BCUT2D eigenvalue weighted by Gasteiger charge is -2.24. The second-order valence-electron chi connectivity index (χ2n) is 8.00. The summed E-state index contributed by atoms with van der Waals surface area (Å²) in [5.41, 5.74) is -0.0758. The SMILES string of the molecule is CCOc1c(C(C)OC(=O)NC(C)(C)C)cc(Cl)c(F)c1-c1cncc(S(C)(=O)=O)c1. The highest BCUT2D eigenvalue weighted by Crippen LogP contribution is 2.42. The molecule has 0 bridgehead atoms. The molecule has 1 amide bonds. The molecule has 0 aliphatic carbocycles. The van der Waals surface area contributed by atoms with Crippen LogP contribution >= 0.6 is 11.6 Å². The average Bonchev–Trinajstić information content (AvgIpc) is 2.62. The van der Waals surface area contributed by atoms with E-state index in [0.717, 1.165) is 6.26 Å². The van der Waals surface area contributed by atoms with Gasteiger partial charge in [0, 0.05) is 35.3 Å². The monoisotopic (exact) mass is 472 g/mol. The molecule has 0 aliphatic heterocycles. The quantitative estimate of drug-likeness (QED) is 0.640. The van der Waals surface area contributed by atoms with E-state index in [0.29, 0.717) is 5.56 Å². The average molecular weight is 473 g/mol. The maximum absolute atomic E-state index is 15.1. The Kier molecular flexibility index (Phi) is 7.54. The highest BCUT2D eigenvalue weighted by molar-refractivity contribution is 7.90. The Balaban J connectivity index is 2.63. The number of ether oxygens (including phenoxy) is 2. The topological polar surface area (TPSA) is 94.6 Å². The van der Waals surface area contributed by atoms with Crippen molar-refractivity contribution < 1.29 is 27.1 Å². The van der Waals surface area contributed by atoms with Gasteiger partial charge in [0.15, 0.2) is 15.7 Å². The Bertz CT molecular complexity index is 1080. The van der Waals surface area contributed by atoms with Gasteiger partial charge in [-0.05, 0) is 46.8 Å². The molecule has 0 fully saturated rings. The van der Waals surface area contributed by atoms with Gasteiger partial charge in [0.1, 0.15) is 11.9 Å². The summed E-state index contributed by atoms with van der Waals surface area (Å²) in [5.74, 6) is -0.708. The molecular weight excluding hydrogens is 447 g/mol. The van der Waals surface area contributed by atoms with E-state index < -0.39 is 33.4 Å². The third-order valence-electron chi connectivity index (χ3n) is 4.12. The molecule has 10 heteroatoms. The molecule has 0 saturated heterocycles. The molecule has 1 N–H and O–H groups in total. The second-order valence-corrected chi connectivity index (χ2v) is 10.4. The van der Waals surface area contributed by atoms with Crippen LogP contribution in [0.1, 0.15) is 46.3 Å². The zero-order chi connectivity index (χ0) is 23.6. The number of aromatic nitrogens is 1. The van der Waals surface area contributed by atoms with Gasteiger partial charge in [-0.2, -0.15) is 0 Å². The fourth-order valence-electron chi connectivity index (χ4n) is 2.81. The first-order valence-electron chi connectivity index (χ1n) is 9.53. The van der Waals surface area contributed by atoms with Crippen LogP contribution in [0.4, 0.5) is 9.18 Å². The highest BCUT2D eigenvalue weighted by atomic mass is 35.5. The lowest BCUT2D eigenvalue weighted by molar-refractivity contribution is 0.0984. The van der Waals surface area contributed by atoms with E-state index in [1.165, 1.54) is 24.5 Å². The van der Waals surface area contributed by atoms with Crippen molar-refractivity contribution in [3.8, 4) is 16.9 Å². The molecule has 2 aromatic rings. The minimum atomic E-state index is -3.58. The van der Waals surface area contributed by atoms with Gasteiger partial charge in [-0.1, -0.05) is 11.6 Å². The number of benzene rings is 1. The summed E-state index contributed by atoms with van der Waals surface area (Å²) in [6, 6.07) is 2.62. The van der Waals surface area contributed by atoms with Gasteiger partial charge in [0.05, 0.1) is 22.1 Å². The molecule has 7 nitrogen and oxygen atoms in total. The summed E-state index contributed by atoms with van der Waals surface area (Å²) in [6.07, 6.45) is 2.01. The maximum Gasteiger partial charge on any atom is 0.408 e. The molecular formula is C21H26ClFN2O5S. The molecule has 31 heavy (non-hydrogen) atoms. The number of halogens is 2. The first kappa shape index (κ1) is 24.9. The molecule has 0 saturated carbocycles.